The first-order chi connectivity index (χ1) is 20.9. The number of hydrogen-bond acceptors (Lipinski definition) is 17. The van der Waals surface area contributed by atoms with E-state index in [4.69, 9.17) is 62.6 Å². The van der Waals surface area contributed by atoms with Gasteiger partial charge in [-0.15, -0.1) is 0 Å². The van der Waals surface area contributed by atoms with E-state index in [-0.39, 0.29) is 34.0 Å². The van der Waals surface area contributed by atoms with Crippen LogP contribution in [0.15, 0.2) is 25.3 Å². The third-order valence-corrected chi connectivity index (χ3v) is 10.3. The van der Waals surface area contributed by atoms with E-state index >= 15 is 4.39 Å². The van der Waals surface area contributed by atoms with Gasteiger partial charge < -0.3 is 44.9 Å². The highest BCUT2D eigenvalue weighted by Crippen LogP contribution is 2.54. The summed E-state index contributed by atoms with van der Waals surface area (Å²) in [6.45, 7) is -9.52. The number of rotatable bonds is 2. The largest absolute Gasteiger partial charge is 0.387 e. The molecule has 4 unspecified atom stereocenters. The first-order valence-electron chi connectivity index (χ1n) is 12.7. The fraction of sp³-hybridized carbons (Fsp3) is 0.500. The summed E-state index contributed by atoms with van der Waals surface area (Å²) in [4.78, 5) is 46.4. The number of aliphatic hydroxyl groups excluding tert-OH is 1. The second kappa shape index (κ2) is 11.1. The van der Waals surface area contributed by atoms with Crippen LogP contribution in [0.25, 0.3) is 22.3 Å². The molecule has 3 saturated heterocycles. The molecular weight excluding hydrogens is 669 g/mol. The number of halogens is 1. The van der Waals surface area contributed by atoms with Crippen molar-refractivity contribution in [3.8, 4) is 0 Å². The minimum absolute atomic E-state index is 0.0682. The molecule has 0 spiro atoms. The quantitative estimate of drug-likeness (QED) is 0.167. The van der Waals surface area contributed by atoms with Crippen molar-refractivity contribution in [3.63, 3.8) is 0 Å². The molecule has 0 saturated carbocycles. The zero-order chi connectivity index (χ0) is 31.0. The third kappa shape index (κ3) is 5.28. The lowest BCUT2D eigenvalue weighted by molar-refractivity contribution is -0.0602. The number of nitrogens with zero attached hydrogens (tertiary/aromatic N) is 8. The van der Waals surface area contributed by atoms with Gasteiger partial charge >= 0.3 is 13.4 Å². The molecule has 24 heteroatoms. The predicted octanol–water partition coefficient (Wildman–Crippen LogP) is -0.425. The molecule has 3 aliphatic rings. The number of hydrogen-bond donors (Lipinski definition) is 5. The summed E-state index contributed by atoms with van der Waals surface area (Å²) in [6.07, 6.45) is -6.53. The smallest absolute Gasteiger partial charge is 0.325 e. The van der Waals surface area contributed by atoms with Crippen LogP contribution in [0.4, 0.5) is 16.0 Å². The molecule has 3 fully saturated rings. The Balaban J connectivity index is 1.20. The number of fused-ring (bicyclic) bond motifs is 5. The Hall–Kier alpha value is -2.43. The Morgan fingerprint density at radius 2 is 1.27 bits per heavy atom. The van der Waals surface area contributed by atoms with E-state index in [1.807, 2.05) is 0 Å². The lowest BCUT2D eigenvalue weighted by Crippen LogP contribution is -2.35. The molecule has 44 heavy (non-hydrogen) atoms. The van der Waals surface area contributed by atoms with Gasteiger partial charge in [-0.25, -0.2) is 34.3 Å². The highest BCUT2D eigenvalue weighted by atomic mass is 32.5. The molecule has 0 aromatic carbocycles. The van der Waals surface area contributed by atoms with Gasteiger partial charge in [0.25, 0.3) is 0 Å². The second-order valence-electron chi connectivity index (χ2n) is 9.90. The minimum atomic E-state index is -4.22. The van der Waals surface area contributed by atoms with E-state index in [9.17, 15) is 14.9 Å². The van der Waals surface area contributed by atoms with Crippen molar-refractivity contribution < 1.29 is 46.9 Å². The lowest BCUT2D eigenvalue weighted by atomic mass is 10.1. The number of aromatic nitrogens is 8. The third-order valence-electron chi connectivity index (χ3n) is 7.22. The van der Waals surface area contributed by atoms with Crippen molar-refractivity contribution in [2.75, 3.05) is 24.7 Å². The average molecular weight is 693 g/mol. The van der Waals surface area contributed by atoms with Gasteiger partial charge in [0.15, 0.2) is 41.6 Å². The molecule has 4 aromatic rings. The van der Waals surface area contributed by atoms with Gasteiger partial charge in [0.1, 0.15) is 54.2 Å². The molecule has 7 rings (SSSR count). The fourth-order valence-corrected chi connectivity index (χ4v) is 8.04. The standard InChI is InChI=1S/C20H23FN10O9P2S2/c21-9-13-8(38-19(9)30-5-28-10-15(22)24-3-26-17(10)30)2-36-42(34,44)40-14-12(32)7(1-35-41(33,43)39-13)37-20(14)31-6-29-11-16(23)25-4-27-18(11)31/h3-9,12-14,19-20,32H,1-2H2,(H,33,43)(H,34,44)(H2,22,24,26)(H2,23,25,27)/t7-,8-,9+,12?,13?,14+,19-,20-,41?,42?/m1/s1. The number of nitrogens with two attached hydrogens (primary N) is 2. The molecule has 0 aliphatic carbocycles. The van der Waals surface area contributed by atoms with Gasteiger partial charge in [-0.1, -0.05) is 0 Å². The maximum atomic E-state index is 16.0. The van der Waals surface area contributed by atoms with Crippen LogP contribution in [0.3, 0.4) is 0 Å². The lowest BCUT2D eigenvalue weighted by Gasteiger charge is -2.27. The van der Waals surface area contributed by atoms with Crippen molar-refractivity contribution in [1.82, 2.24) is 39.0 Å². The highest BCUT2D eigenvalue weighted by Gasteiger charge is 2.53. The zero-order valence-corrected chi connectivity index (χ0v) is 25.4. The number of ether oxygens (including phenoxy) is 2. The minimum Gasteiger partial charge on any atom is -0.387 e. The molecule has 3 aliphatic heterocycles. The number of anilines is 2. The monoisotopic (exact) mass is 692 g/mol. The normalized spacial score (nSPS) is 38.3. The molecule has 0 amide bonds. The van der Waals surface area contributed by atoms with Crippen molar-refractivity contribution in [1.29, 1.82) is 0 Å². The average Bonchev–Trinajstić information content (AvgIpc) is 3.73. The molecular formula is C20H23FN10O9P2S2. The van der Waals surface area contributed by atoms with Gasteiger partial charge in [-0.3, -0.25) is 18.2 Å². The Kier molecular flexibility index (Phi) is 7.64. The van der Waals surface area contributed by atoms with E-state index in [1.54, 1.807) is 0 Å². The van der Waals surface area contributed by atoms with Crippen molar-refractivity contribution >= 4 is 71.0 Å². The van der Waals surface area contributed by atoms with E-state index in [0.717, 1.165) is 0 Å². The van der Waals surface area contributed by atoms with Crippen LogP contribution in [0.5, 0.6) is 0 Å². The van der Waals surface area contributed by atoms with E-state index in [0.29, 0.717) is 0 Å². The Labute approximate surface area is 255 Å². The number of imidazole rings is 2. The molecule has 2 bridgehead atoms. The highest BCUT2D eigenvalue weighted by molar-refractivity contribution is 8.07. The number of nitrogen functional groups attached to an aromatic ring is 2. The van der Waals surface area contributed by atoms with Crippen LogP contribution in [0, 0.1) is 0 Å². The first-order valence-corrected chi connectivity index (χ1v) is 17.9. The van der Waals surface area contributed by atoms with Crippen molar-refractivity contribution in [3.05, 3.63) is 25.3 Å². The summed E-state index contributed by atoms with van der Waals surface area (Å²) in [5.41, 5.74) is 12.6. The van der Waals surface area contributed by atoms with E-state index in [1.165, 1.54) is 34.4 Å². The van der Waals surface area contributed by atoms with E-state index in [2.05, 4.69) is 29.9 Å². The van der Waals surface area contributed by atoms with Crippen LogP contribution in [-0.2, 0) is 51.2 Å². The van der Waals surface area contributed by atoms with Gasteiger partial charge in [0.05, 0.1) is 25.9 Å². The number of alkyl halides is 1. The topological polar surface area (TPSA) is 255 Å². The Morgan fingerprint density at radius 3 is 1.86 bits per heavy atom. The predicted molar refractivity (Wildman–Crippen MR) is 153 cm³/mol. The molecule has 236 valence electrons. The van der Waals surface area contributed by atoms with Crippen molar-refractivity contribution in [2.24, 2.45) is 0 Å². The first kappa shape index (κ1) is 30.2. The fourth-order valence-electron chi connectivity index (χ4n) is 5.19. The van der Waals surface area contributed by atoms with Crippen LogP contribution in [-0.4, -0.2) is 104 Å². The summed E-state index contributed by atoms with van der Waals surface area (Å²) >= 11 is 10.4. The summed E-state index contributed by atoms with van der Waals surface area (Å²) in [5.74, 6) is 0.161. The van der Waals surface area contributed by atoms with Crippen LogP contribution < -0.4 is 11.5 Å². The molecule has 4 aromatic heterocycles. The molecule has 7 N–H and O–H groups in total. The van der Waals surface area contributed by atoms with Crippen LogP contribution in [0.1, 0.15) is 12.5 Å². The Bertz CT molecular complexity index is 1840. The summed E-state index contributed by atoms with van der Waals surface area (Å²) in [7, 11) is 0. The van der Waals surface area contributed by atoms with Gasteiger partial charge in [0, 0.05) is 0 Å². The molecule has 0 radical (unpaired) electrons. The molecule has 10 atom stereocenters. The van der Waals surface area contributed by atoms with Gasteiger partial charge in [-0.2, -0.15) is 0 Å². The molecule has 19 nitrogen and oxygen atoms in total. The zero-order valence-electron chi connectivity index (χ0n) is 22.0. The summed E-state index contributed by atoms with van der Waals surface area (Å²) < 4.78 is 53.0. The SMILES string of the molecule is Nc1ncnc2c1ncn2[C@@H]1O[C@@H]2COP(O)(=S)O[C@H]3C(O)[C@@H](COP(O)(=S)OC2[C@@H]1F)O[C@H]3n1cnc2c(N)ncnc21. The maximum absolute atomic E-state index is 16.0. The van der Waals surface area contributed by atoms with Crippen LogP contribution in [0.2, 0.25) is 0 Å². The Morgan fingerprint density at radius 1 is 0.773 bits per heavy atom. The van der Waals surface area contributed by atoms with Crippen LogP contribution >= 0.6 is 13.4 Å². The molecule has 7 heterocycles. The summed E-state index contributed by atoms with van der Waals surface area (Å²) in [6, 6.07) is 0. The van der Waals surface area contributed by atoms with Gasteiger partial charge in [0.2, 0.25) is 0 Å². The van der Waals surface area contributed by atoms with Gasteiger partial charge in [-0.05, 0) is 23.6 Å². The number of aliphatic hydroxyl groups is 1. The maximum Gasteiger partial charge on any atom is 0.325 e. The van der Waals surface area contributed by atoms with E-state index < -0.39 is 75.8 Å². The van der Waals surface area contributed by atoms with Crippen molar-refractivity contribution in [2.45, 2.75) is 49.1 Å². The summed E-state index contributed by atoms with van der Waals surface area (Å²) in [5, 5.41) is 11.1. The second-order valence-corrected chi connectivity index (χ2v) is 15.5.